The van der Waals surface area contributed by atoms with E-state index in [0.29, 0.717) is 29.1 Å². The molecule has 0 aromatic heterocycles. The molecule has 0 aromatic rings. The van der Waals surface area contributed by atoms with Gasteiger partial charge in [0.25, 0.3) is 0 Å². The molecule has 0 amide bonds. The second-order valence-corrected chi connectivity index (χ2v) is 12.4. The van der Waals surface area contributed by atoms with Crippen LogP contribution in [0.4, 0.5) is 0 Å². The lowest BCUT2D eigenvalue weighted by atomic mass is 9.50. The Morgan fingerprint density at radius 1 is 1.00 bits per heavy atom. The molecule has 32 heavy (non-hydrogen) atoms. The second-order valence-electron chi connectivity index (χ2n) is 12.4. The van der Waals surface area contributed by atoms with Crippen LogP contribution in [-0.2, 0) is 9.53 Å². The molecule has 0 aliphatic heterocycles. The van der Waals surface area contributed by atoms with Gasteiger partial charge in [0.2, 0.25) is 0 Å². The molecule has 8 atom stereocenters. The molecule has 4 rings (SSSR count). The van der Waals surface area contributed by atoms with Gasteiger partial charge < -0.3 is 4.74 Å². The lowest BCUT2D eigenvalue weighted by molar-refractivity contribution is -0.148. The topological polar surface area (TPSA) is 26.3 Å². The van der Waals surface area contributed by atoms with Crippen molar-refractivity contribution in [2.75, 3.05) is 0 Å². The lowest BCUT2D eigenvalue weighted by Gasteiger charge is -2.55. The van der Waals surface area contributed by atoms with Gasteiger partial charge >= 0.3 is 5.97 Å². The Balaban J connectivity index is 1.54. The highest BCUT2D eigenvalue weighted by Gasteiger charge is 2.56. The van der Waals surface area contributed by atoms with E-state index in [1.54, 1.807) is 12.5 Å². The summed E-state index contributed by atoms with van der Waals surface area (Å²) in [6.07, 6.45) is 18.5. The van der Waals surface area contributed by atoms with Gasteiger partial charge in [0, 0.05) is 13.3 Å². The molecular formula is C30H46O2. The normalized spacial score (nSPS) is 40.8. The number of esters is 1. The van der Waals surface area contributed by atoms with E-state index >= 15 is 0 Å². The summed E-state index contributed by atoms with van der Waals surface area (Å²) in [6, 6.07) is 0. The Morgan fingerprint density at radius 2 is 1.75 bits per heavy atom. The average Bonchev–Trinajstić information content (AvgIpc) is 3.08. The molecule has 0 heterocycles. The first-order chi connectivity index (χ1) is 15.1. The smallest absolute Gasteiger partial charge is 0.302 e. The van der Waals surface area contributed by atoms with Crippen LogP contribution in [0.1, 0.15) is 93.4 Å². The number of allylic oxidation sites excluding steroid dienone is 5. The van der Waals surface area contributed by atoms with Crippen molar-refractivity contribution >= 4 is 5.97 Å². The third kappa shape index (κ3) is 4.05. The molecule has 0 unspecified atom stereocenters. The van der Waals surface area contributed by atoms with E-state index < -0.39 is 0 Å². The summed E-state index contributed by atoms with van der Waals surface area (Å²) in [5, 5.41) is 0. The molecule has 0 radical (unpaired) electrons. The maximum absolute atomic E-state index is 11.5. The highest BCUT2D eigenvalue weighted by molar-refractivity contribution is 5.66. The molecule has 3 saturated carbocycles. The van der Waals surface area contributed by atoms with Crippen molar-refractivity contribution in [2.45, 2.75) is 99.5 Å². The standard InChI is InChI=1S/C30H46O2/c1-19(2)20(3)8-9-21(4)26-12-13-27-25-11-10-23-18-24(32-22(5)31)14-16-29(23,6)28(25)15-17-30(26,27)7/h8-11,19-21,24,26-28H,12-18H2,1-7H3/b9-8+/t20-,21+,24+,26-,27-,28-,29+,30-/m0/s1. The first-order valence-electron chi connectivity index (χ1n) is 13.3. The van der Waals surface area contributed by atoms with Gasteiger partial charge in [0.1, 0.15) is 6.10 Å². The van der Waals surface area contributed by atoms with Crippen LogP contribution in [0.2, 0.25) is 0 Å². The molecule has 0 spiro atoms. The maximum atomic E-state index is 11.5. The summed E-state index contributed by atoms with van der Waals surface area (Å²) in [4.78, 5) is 11.5. The number of carbonyl (C=O) groups is 1. The molecule has 4 aliphatic carbocycles. The van der Waals surface area contributed by atoms with Crippen LogP contribution >= 0.6 is 0 Å². The van der Waals surface area contributed by atoms with Gasteiger partial charge in [-0.3, -0.25) is 4.79 Å². The highest BCUT2D eigenvalue weighted by Crippen LogP contribution is 2.66. The molecule has 0 bridgehead atoms. The van der Waals surface area contributed by atoms with E-state index in [2.05, 4.69) is 65.8 Å². The third-order valence-electron chi connectivity index (χ3n) is 10.3. The lowest BCUT2D eigenvalue weighted by Crippen LogP contribution is -2.46. The van der Waals surface area contributed by atoms with Gasteiger partial charge in [-0.25, -0.2) is 0 Å². The molecule has 4 aliphatic rings. The molecule has 178 valence electrons. The summed E-state index contributed by atoms with van der Waals surface area (Å²) >= 11 is 0. The van der Waals surface area contributed by atoms with Crippen LogP contribution in [0.25, 0.3) is 0 Å². The summed E-state index contributed by atoms with van der Waals surface area (Å²) in [5.74, 6) is 4.11. The van der Waals surface area contributed by atoms with Crippen molar-refractivity contribution in [3.63, 3.8) is 0 Å². The van der Waals surface area contributed by atoms with Gasteiger partial charge in [0.15, 0.2) is 0 Å². The zero-order valence-corrected chi connectivity index (χ0v) is 21.6. The van der Waals surface area contributed by atoms with Gasteiger partial charge in [-0.05, 0) is 84.9 Å². The Labute approximate surface area is 197 Å². The van der Waals surface area contributed by atoms with Gasteiger partial charge in [-0.15, -0.1) is 0 Å². The highest BCUT2D eigenvalue weighted by atomic mass is 16.5. The Morgan fingerprint density at radius 3 is 2.44 bits per heavy atom. The van der Waals surface area contributed by atoms with Crippen LogP contribution in [-0.4, -0.2) is 12.1 Å². The van der Waals surface area contributed by atoms with Crippen molar-refractivity contribution in [2.24, 2.45) is 46.3 Å². The second kappa shape index (κ2) is 8.80. The fraction of sp³-hybridized carbons (Fsp3) is 0.767. The molecule has 0 saturated heterocycles. The van der Waals surface area contributed by atoms with Crippen molar-refractivity contribution in [1.29, 1.82) is 0 Å². The number of hydrogen-bond donors (Lipinski definition) is 0. The minimum Gasteiger partial charge on any atom is -0.462 e. The van der Waals surface area contributed by atoms with Crippen molar-refractivity contribution in [1.82, 2.24) is 0 Å². The van der Waals surface area contributed by atoms with Crippen LogP contribution in [0.3, 0.4) is 0 Å². The van der Waals surface area contributed by atoms with Crippen LogP contribution < -0.4 is 0 Å². The fourth-order valence-corrected chi connectivity index (χ4v) is 7.92. The molecule has 0 aromatic carbocycles. The predicted octanol–water partition coefficient (Wildman–Crippen LogP) is 7.90. The van der Waals surface area contributed by atoms with Gasteiger partial charge in [-0.2, -0.15) is 0 Å². The molecular weight excluding hydrogens is 392 g/mol. The van der Waals surface area contributed by atoms with Crippen molar-refractivity contribution < 1.29 is 9.53 Å². The van der Waals surface area contributed by atoms with E-state index in [0.717, 1.165) is 31.1 Å². The summed E-state index contributed by atoms with van der Waals surface area (Å²) in [7, 11) is 0. The van der Waals surface area contributed by atoms with E-state index in [4.69, 9.17) is 4.74 Å². The minimum atomic E-state index is -0.136. The van der Waals surface area contributed by atoms with Crippen molar-refractivity contribution in [3.05, 3.63) is 35.5 Å². The SMILES string of the molecule is CC(=O)O[C@@H]1CC[C@]2(C)C(=CC=C3[C@@H]4CC[C@@H]([C@H](C)/C=C/[C@H](C)C(C)C)[C@]4(C)CC[C@@H]32)C1. The van der Waals surface area contributed by atoms with Crippen LogP contribution in [0.15, 0.2) is 35.5 Å². The van der Waals surface area contributed by atoms with E-state index in [1.165, 1.54) is 31.3 Å². The minimum absolute atomic E-state index is 0.0763. The first kappa shape index (κ1) is 23.8. The van der Waals surface area contributed by atoms with Crippen LogP contribution in [0, 0.1) is 46.3 Å². The zero-order chi connectivity index (χ0) is 23.3. The number of hydrogen-bond acceptors (Lipinski definition) is 2. The molecule has 3 fully saturated rings. The Hall–Kier alpha value is -1.31. The Bertz CT molecular complexity index is 817. The van der Waals surface area contributed by atoms with E-state index in [9.17, 15) is 4.79 Å². The van der Waals surface area contributed by atoms with Gasteiger partial charge in [-0.1, -0.05) is 77.0 Å². The summed E-state index contributed by atoms with van der Waals surface area (Å²) in [5.41, 5.74) is 3.98. The largest absolute Gasteiger partial charge is 0.462 e. The quantitative estimate of drug-likeness (QED) is 0.322. The molecule has 0 N–H and O–H groups in total. The number of ether oxygens (including phenoxy) is 1. The maximum Gasteiger partial charge on any atom is 0.302 e. The average molecular weight is 439 g/mol. The summed E-state index contributed by atoms with van der Waals surface area (Å²) < 4.78 is 5.59. The van der Waals surface area contributed by atoms with Gasteiger partial charge in [0.05, 0.1) is 0 Å². The van der Waals surface area contributed by atoms with E-state index in [1.807, 2.05) is 0 Å². The van der Waals surface area contributed by atoms with E-state index in [-0.39, 0.29) is 17.5 Å². The predicted molar refractivity (Wildman–Crippen MR) is 133 cm³/mol. The van der Waals surface area contributed by atoms with Crippen LogP contribution in [0.5, 0.6) is 0 Å². The third-order valence-corrected chi connectivity index (χ3v) is 10.3. The first-order valence-corrected chi connectivity index (χ1v) is 13.3. The molecule has 2 nitrogen and oxygen atoms in total. The Kier molecular flexibility index (Phi) is 6.56. The zero-order valence-electron chi connectivity index (χ0n) is 21.6. The number of carbonyl (C=O) groups excluding carboxylic acids is 1. The van der Waals surface area contributed by atoms with Crippen molar-refractivity contribution in [3.8, 4) is 0 Å². The molecule has 2 heteroatoms. The fourth-order valence-electron chi connectivity index (χ4n) is 7.92. The summed E-state index contributed by atoms with van der Waals surface area (Å²) in [6.45, 7) is 16.1. The number of fused-ring (bicyclic) bond motifs is 5. The monoisotopic (exact) mass is 438 g/mol. The number of rotatable bonds is 5.